The molecule has 0 fully saturated rings. The highest BCUT2D eigenvalue weighted by atomic mass is 79.9. The molecule has 0 unspecified atom stereocenters. The lowest BCUT2D eigenvalue weighted by atomic mass is 10.2. The fourth-order valence-electron chi connectivity index (χ4n) is 2.11. The first-order valence-corrected chi connectivity index (χ1v) is 8.07. The number of rotatable bonds is 5. The number of anilines is 1. The van der Waals surface area contributed by atoms with E-state index >= 15 is 0 Å². The van der Waals surface area contributed by atoms with Crippen LogP contribution in [0, 0.1) is 0 Å². The number of phenols is 1. The normalized spacial score (nSPS) is 10.8. The zero-order valence-electron chi connectivity index (χ0n) is 13.2. The highest BCUT2D eigenvalue weighted by molar-refractivity contribution is 9.10. The lowest BCUT2D eigenvalue weighted by Gasteiger charge is -2.06. The fourth-order valence-corrected chi connectivity index (χ4v) is 2.56. The average molecular weight is 400 g/mol. The van der Waals surface area contributed by atoms with Gasteiger partial charge in [-0.15, -0.1) is 5.10 Å². The minimum absolute atomic E-state index is 0.00618. The van der Waals surface area contributed by atoms with Gasteiger partial charge < -0.3 is 9.84 Å². The number of phenolic OH excluding ortho intramolecular Hbond substituents is 1. The molecule has 0 amide bonds. The van der Waals surface area contributed by atoms with Crippen molar-refractivity contribution < 1.29 is 9.84 Å². The molecule has 8 heteroatoms. The Balaban J connectivity index is 1.78. The zero-order valence-corrected chi connectivity index (χ0v) is 14.8. The molecule has 0 atom stereocenters. The fraction of sp³-hybridized carbons (Fsp3) is 0.0588. The molecule has 0 radical (unpaired) electrons. The Morgan fingerprint density at radius 2 is 2.04 bits per heavy atom. The minimum atomic E-state index is -0.00618. The van der Waals surface area contributed by atoms with Crippen LogP contribution in [-0.4, -0.2) is 33.6 Å². The maximum atomic E-state index is 10.1. The second-order valence-corrected chi connectivity index (χ2v) is 5.86. The SMILES string of the molecule is COc1cc(Br)cc(/C=N/Nc2nncc(-c3ccccc3)n2)c1O. The van der Waals surface area contributed by atoms with Crippen LogP contribution in [0.3, 0.4) is 0 Å². The third-order valence-corrected chi connectivity index (χ3v) is 3.74. The van der Waals surface area contributed by atoms with E-state index in [0.717, 1.165) is 10.0 Å². The van der Waals surface area contributed by atoms with Gasteiger partial charge in [0, 0.05) is 15.6 Å². The van der Waals surface area contributed by atoms with E-state index in [9.17, 15) is 5.11 Å². The average Bonchev–Trinajstić information content (AvgIpc) is 2.65. The van der Waals surface area contributed by atoms with Gasteiger partial charge in [-0.1, -0.05) is 46.3 Å². The van der Waals surface area contributed by atoms with Gasteiger partial charge in [-0.05, 0) is 12.1 Å². The molecule has 7 nitrogen and oxygen atoms in total. The lowest BCUT2D eigenvalue weighted by molar-refractivity contribution is 0.373. The van der Waals surface area contributed by atoms with Gasteiger partial charge >= 0.3 is 0 Å². The third-order valence-electron chi connectivity index (χ3n) is 3.29. The summed E-state index contributed by atoms with van der Waals surface area (Å²) >= 11 is 3.35. The number of ether oxygens (including phenoxy) is 1. The summed E-state index contributed by atoms with van der Waals surface area (Å²) in [5, 5.41) is 21.9. The first-order chi connectivity index (χ1) is 12.2. The number of hydrogen-bond donors (Lipinski definition) is 2. The van der Waals surface area contributed by atoms with Crippen LogP contribution in [0.15, 0.2) is 58.2 Å². The minimum Gasteiger partial charge on any atom is -0.504 e. The lowest BCUT2D eigenvalue weighted by Crippen LogP contribution is -2.00. The quantitative estimate of drug-likeness (QED) is 0.504. The summed E-state index contributed by atoms with van der Waals surface area (Å²) in [6.07, 6.45) is 3.02. The molecule has 1 aromatic heterocycles. The van der Waals surface area contributed by atoms with E-state index < -0.39 is 0 Å². The Hall–Kier alpha value is -3.00. The summed E-state index contributed by atoms with van der Waals surface area (Å²) < 4.78 is 5.86. The Kier molecular flexibility index (Phi) is 5.20. The first-order valence-electron chi connectivity index (χ1n) is 7.28. The summed E-state index contributed by atoms with van der Waals surface area (Å²) in [5.41, 5.74) is 4.79. The molecule has 0 saturated carbocycles. The van der Waals surface area contributed by atoms with E-state index in [1.165, 1.54) is 13.3 Å². The van der Waals surface area contributed by atoms with Crippen LogP contribution in [0.1, 0.15) is 5.56 Å². The smallest absolute Gasteiger partial charge is 0.263 e. The van der Waals surface area contributed by atoms with Crippen LogP contribution in [0.4, 0.5) is 5.95 Å². The van der Waals surface area contributed by atoms with E-state index in [1.807, 2.05) is 30.3 Å². The molecule has 0 aliphatic carbocycles. The molecule has 0 spiro atoms. The highest BCUT2D eigenvalue weighted by Crippen LogP contribution is 2.32. The summed E-state index contributed by atoms with van der Waals surface area (Å²) in [4.78, 5) is 4.35. The molecule has 1 heterocycles. The monoisotopic (exact) mass is 399 g/mol. The third kappa shape index (κ3) is 4.10. The van der Waals surface area contributed by atoms with Crippen molar-refractivity contribution in [2.24, 2.45) is 5.10 Å². The standard InChI is InChI=1S/C17H14BrN5O2/c1-25-15-8-13(18)7-12(16(15)24)9-19-22-17-21-14(10-20-23-17)11-5-3-2-4-6-11/h2-10,24H,1H3,(H,21,22,23)/b19-9+. The van der Waals surface area contributed by atoms with Gasteiger partial charge in [0.15, 0.2) is 11.5 Å². The van der Waals surface area contributed by atoms with E-state index in [-0.39, 0.29) is 11.7 Å². The van der Waals surface area contributed by atoms with Crippen molar-refractivity contribution >= 4 is 28.1 Å². The Bertz CT molecular complexity index is 903. The van der Waals surface area contributed by atoms with Gasteiger partial charge in [-0.3, -0.25) is 0 Å². The Morgan fingerprint density at radius 1 is 1.24 bits per heavy atom. The number of hydrogen-bond acceptors (Lipinski definition) is 7. The molecule has 3 aromatic rings. The van der Waals surface area contributed by atoms with E-state index in [0.29, 0.717) is 17.0 Å². The van der Waals surface area contributed by atoms with Crippen molar-refractivity contribution in [3.63, 3.8) is 0 Å². The van der Waals surface area contributed by atoms with Crippen molar-refractivity contribution in [1.29, 1.82) is 0 Å². The van der Waals surface area contributed by atoms with Crippen molar-refractivity contribution in [3.05, 3.63) is 58.7 Å². The second-order valence-electron chi connectivity index (χ2n) is 4.95. The number of halogens is 1. The van der Waals surface area contributed by atoms with E-state index in [1.54, 1.807) is 18.3 Å². The van der Waals surface area contributed by atoms with Gasteiger partial charge in [0.25, 0.3) is 5.95 Å². The number of aromatic hydroxyl groups is 1. The van der Waals surface area contributed by atoms with E-state index in [2.05, 4.69) is 41.6 Å². The molecule has 0 bridgehead atoms. The van der Waals surface area contributed by atoms with Gasteiger partial charge in [-0.25, -0.2) is 10.4 Å². The number of benzene rings is 2. The Morgan fingerprint density at radius 3 is 2.80 bits per heavy atom. The van der Waals surface area contributed by atoms with Crippen LogP contribution in [-0.2, 0) is 0 Å². The molecule has 25 heavy (non-hydrogen) atoms. The van der Waals surface area contributed by atoms with Crippen molar-refractivity contribution in [2.75, 3.05) is 12.5 Å². The number of methoxy groups -OCH3 is 1. The van der Waals surface area contributed by atoms with Gasteiger partial charge in [0.05, 0.1) is 25.2 Å². The summed E-state index contributed by atoms with van der Waals surface area (Å²) in [6.45, 7) is 0. The molecular formula is C17H14BrN5O2. The number of nitrogens with one attached hydrogen (secondary N) is 1. The zero-order chi connectivity index (χ0) is 17.6. The highest BCUT2D eigenvalue weighted by Gasteiger charge is 2.08. The summed E-state index contributed by atoms with van der Waals surface area (Å²) in [7, 11) is 1.48. The van der Waals surface area contributed by atoms with E-state index in [4.69, 9.17) is 4.74 Å². The predicted octanol–water partition coefficient (Wildman–Crippen LogP) is 3.46. The molecule has 0 saturated heterocycles. The van der Waals surface area contributed by atoms with Crippen LogP contribution in [0.2, 0.25) is 0 Å². The number of aromatic nitrogens is 3. The molecule has 3 rings (SSSR count). The van der Waals surface area contributed by atoms with Gasteiger partial charge in [-0.2, -0.15) is 10.2 Å². The topological polar surface area (TPSA) is 92.5 Å². The Labute approximate surface area is 152 Å². The summed E-state index contributed by atoms with van der Waals surface area (Å²) in [6, 6.07) is 13.0. The van der Waals surface area contributed by atoms with Crippen molar-refractivity contribution in [3.8, 4) is 22.8 Å². The van der Waals surface area contributed by atoms with Crippen molar-refractivity contribution in [1.82, 2.24) is 15.2 Å². The molecule has 0 aliphatic heterocycles. The number of hydrazone groups is 1. The van der Waals surface area contributed by atoms with Crippen molar-refractivity contribution in [2.45, 2.75) is 0 Å². The van der Waals surface area contributed by atoms with Gasteiger partial charge in [0.2, 0.25) is 0 Å². The largest absolute Gasteiger partial charge is 0.504 e. The molecular weight excluding hydrogens is 386 g/mol. The summed E-state index contributed by atoms with van der Waals surface area (Å²) in [5.74, 6) is 0.590. The van der Waals surface area contributed by atoms with Crippen LogP contribution < -0.4 is 10.2 Å². The first kappa shape index (κ1) is 16.8. The van der Waals surface area contributed by atoms with Gasteiger partial charge in [0.1, 0.15) is 0 Å². The van der Waals surface area contributed by atoms with Crippen LogP contribution >= 0.6 is 15.9 Å². The predicted molar refractivity (Wildman–Crippen MR) is 98.8 cm³/mol. The maximum Gasteiger partial charge on any atom is 0.263 e. The van der Waals surface area contributed by atoms with Crippen LogP contribution in [0.25, 0.3) is 11.3 Å². The maximum absolute atomic E-state index is 10.1. The molecule has 126 valence electrons. The molecule has 0 aliphatic rings. The van der Waals surface area contributed by atoms with Crippen LogP contribution in [0.5, 0.6) is 11.5 Å². The molecule has 2 N–H and O–H groups in total. The number of nitrogens with zero attached hydrogens (tertiary/aromatic N) is 4. The second kappa shape index (κ2) is 7.71. The molecule has 2 aromatic carbocycles.